The van der Waals surface area contributed by atoms with Gasteiger partial charge in [0.15, 0.2) is 5.82 Å². The van der Waals surface area contributed by atoms with Gasteiger partial charge in [0, 0.05) is 21.4 Å². The number of aromatic nitrogens is 3. The monoisotopic (exact) mass is 328 g/mol. The number of nitrogen functional groups attached to an aromatic ring is 1. The molecule has 5 heteroatoms. The molecule has 0 unspecified atom stereocenters. The quantitative estimate of drug-likeness (QED) is 0.731. The van der Waals surface area contributed by atoms with Crippen molar-refractivity contribution in [3.63, 3.8) is 0 Å². The summed E-state index contributed by atoms with van der Waals surface area (Å²) >= 11 is 3.40. The summed E-state index contributed by atoms with van der Waals surface area (Å²) in [7, 11) is 0. The van der Waals surface area contributed by atoms with Gasteiger partial charge in [0.25, 0.3) is 0 Å². The second-order valence-electron chi connectivity index (χ2n) is 4.48. The molecule has 0 spiro atoms. The molecule has 4 nitrogen and oxygen atoms in total. The van der Waals surface area contributed by atoms with E-state index in [2.05, 4.69) is 26.1 Å². The molecular weight excluding hydrogens is 316 g/mol. The third-order valence-electron chi connectivity index (χ3n) is 3.09. The van der Waals surface area contributed by atoms with Crippen molar-refractivity contribution >= 4 is 21.6 Å². The Labute approximate surface area is 125 Å². The average Bonchev–Trinajstić information content (AvgIpc) is 2.85. The molecule has 0 fully saturated rings. The van der Waals surface area contributed by atoms with Crippen molar-refractivity contribution in [3.05, 3.63) is 58.8 Å². The molecule has 0 aliphatic carbocycles. The molecule has 3 aromatic rings. The van der Waals surface area contributed by atoms with Gasteiger partial charge in [-0.2, -0.15) is 0 Å². The standard InChI is InChI=1S/C15H13BrN4/c1-10-18-19-15(11-7-8-13(16)14(17)9-11)20(10)12-5-3-2-4-6-12/h2-9H,17H2,1H3. The van der Waals surface area contributed by atoms with E-state index in [0.29, 0.717) is 5.69 Å². The van der Waals surface area contributed by atoms with Crippen LogP contribution in [-0.2, 0) is 0 Å². The second-order valence-corrected chi connectivity index (χ2v) is 5.33. The van der Waals surface area contributed by atoms with E-state index < -0.39 is 0 Å². The molecule has 0 aliphatic rings. The van der Waals surface area contributed by atoms with Crippen molar-refractivity contribution in [2.24, 2.45) is 0 Å². The summed E-state index contributed by atoms with van der Waals surface area (Å²) in [6, 6.07) is 15.8. The highest BCUT2D eigenvalue weighted by molar-refractivity contribution is 9.10. The van der Waals surface area contributed by atoms with Crippen molar-refractivity contribution in [2.75, 3.05) is 5.73 Å². The third kappa shape index (κ3) is 2.20. The van der Waals surface area contributed by atoms with Crippen molar-refractivity contribution in [3.8, 4) is 17.1 Å². The summed E-state index contributed by atoms with van der Waals surface area (Å²) in [5.74, 6) is 1.63. The van der Waals surface area contributed by atoms with E-state index in [0.717, 1.165) is 27.4 Å². The molecule has 0 saturated carbocycles. The lowest BCUT2D eigenvalue weighted by Gasteiger charge is -2.09. The zero-order chi connectivity index (χ0) is 14.1. The van der Waals surface area contributed by atoms with Crippen LogP contribution in [-0.4, -0.2) is 14.8 Å². The molecule has 20 heavy (non-hydrogen) atoms. The van der Waals surface area contributed by atoms with Gasteiger partial charge in [-0.3, -0.25) is 4.57 Å². The zero-order valence-electron chi connectivity index (χ0n) is 10.9. The van der Waals surface area contributed by atoms with Gasteiger partial charge in [0.1, 0.15) is 5.82 Å². The van der Waals surface area contributed by atoms with Gasteiger partial charge in [-0.15, -0.1) is 10.2 Å². The fourth-order valence-electron chi connectivity index (χ4n) is 2.12. The Hall–Kier alpha value is -2.14. The molecule has 3 rings (SSSR count). The first kappa shape index (κ1) is 12.9. The molecule has 0 saturated heterocycles. The van der Waals surface area contributed by atoms with Crippen LogP contribution >= 0.6 is 15.9 Å². The summed E-state index contributed by atoms with van der Waals surface area (Å²) in [5, 5.41) is 8.46. The lowest BCUT2D eigenvalue weighted by Crippen LogP contribution is -2.00. The number of rotatable bonds is 2. The van der Waals surface area contributed by atoms with Crippen LogP contribution in [0.25, 0.3) is 17.1 Å². The number of halogens is 1. The topological polar surface area (TPSA) is 56.7 Å². The van der Waals surface area contributed by atoms with Crippen LogP contribution in [0.3, 0.4) is 0 Å². The number of hydrogen-bond acceptors (Lipinski definition) is 3. The van der Waals surface area contributed by atoms with Crippen LogP contribution in [0.15, 0.2) is 53.0 Å². The predicted octanol–water partition coefficient (Wildman–Crippen LogP) is 3.59. The number of para-hydroxylation sites is 1. The summed E-state index contributed by atoms with van der Waals surface area (Å²) < 4.78 is 2.90. The van der Waals surface area contributed by atoms with E-state index in [1.807, 2.05) is 60.0 Å². The summed E-state index contributed by atoms with van der Waals surface area (Å²) in [6.45, 7) is 1.94. The van der Waals surface area contributed by atoms with Crippen molar-refractivity contribution in [1.29, 1.82) is 0 Å². The molecule has 0 radical (unpaired) electrons. The highest BCUT2D eigenvalue weighted by atomic mass is 79.9. The molecule has 0 amide bonds. The molecule has 1 aromatic heterocycles. The molecule has 1 heterocycles. The first-order valence-corrected chi connectivity index (χ1v) is 6.99. The molecule has 0 atom stereocenters. The lowest BCUT2D eigenvalue weighted by atomic mass is 10.2. The van der Waals surface area contributed by atoms with E-state index in [1.54, 1.807) is 0 Å². The van der Waals surface area contributed by atoms with E-state index in [1.165, 1.54) is 0 Å². The number of hydrogen-bond donors (Lipinski definition) is 1. The summed E-state index contributed by atoms with van der Waals surface area (Å²) in [6.07, 6.45) is 0. The van der Waals surface area contributed by atoms with Gasteiger partial charge < -0.3 is 5.73 Å². The number of anilines is 1. The molecule has 100 valence electrons. The highest BCUT2D eigenvalue weighted by Crippen LogP contribution is 2.28. The number of aryl methyl sites for hydroxylation is 1. The summed E-state index contributed by atoms with van der Waals surface area (Å²) in [4.78, 5) is 0. The van der Waals surface area contributed by atoms with E-state index >= 15 is 0 Å². The Morgan fingerprint density at radius 2 is 1.80 bits per heavy atom. The summed E-state index contributed by atoms with van der Waals surface area (Å²) in [5.41, 5.74) is 8.61. The van der Waals surface area contributed by atoms with Gasteiger partial charge in [0.2, 0.25) is 0 Å². The number of benzene rings is 2. The van der Waals surface area contributed by atoms with Crippen LogP contribution in [0, 0.1) is 6.92 Å². The molecule has 2 aromatic carbocycles. The molecular formula is C15H13BrN4. The Kier molecular flexibility index (Phi) is 3.28. The Balaban J connectivity index is 2.18. The SMILES string of the molecule is Cc1nnc(-c2ccc(Br)c(N)c2)n1-c1ccccc1. The largest absolute Gasteiger partial charge is 0.398 e. The van der Waals surface area contributed by atoms with Crippen LogP contribution in [0.1, 0.15) is 5.82 Å². The van der Waals surface area contributed by atoms with E-state index in [-0.39, 0.29) is 0 Å². The fraction of sp³-hybridized carbons (Fsp3) is 0.0667. The molecule has 0 aliphatic heterocycles. The van der Waals surface area contributed by atoms with Gasteiger partial charge in [-0.05, 0) is 53.2 Å². The van der Waals surface area contributed by atoms with Crippen LogP contribution in [0.5, 0.6) is 0 Å². The van der Waals surface area contributed by atoms with Crippen LogP contribution < -0.4 is 5.73 Å². The third-order valence-corrected chi connectivity index (χ3v) is 3.82. The van der Waals surface area contributed by atoms with E-state index in [9.17, 15) is 0 Å². The minimum atomic E-state index is 0.683. The maximum atomic E-state index is 5.95. The minimum absolute atomic E-state index is 0.683. The minimum Gasteiger partial charge on any atom is -0.398 e. The van der Waals surface area contributed by atoms with Gasteiger partial charge in [-0.1, -0.05) is 18.2 Å². The second kappa shape index (κ2) is 5.09. The fourth-order valence-corrected chi connectivity index (χ4v) is 2.36. The predicted molar refractivity (Wildman–Crippen MR) is 83.6 cm³/mol. The molecule has 2 N–H and O–H groups in total. The van der Waals surface area contributed by atoms with Crippen LogP contribution in [0.4, 0.5) is 5.69 Å². The average molecular weight is 329 g/mol. The molecule has 0 bridgehead atoms. The Morgan fingerprint density at radius 1 is 1.05 bits per heavy atom. The normalized spacial score (nSPS) is 10.7. The van der Waals surface area contributed by atoms with Gasteiger partial charge in [-0.25, -0.2) is 0 Å². The zero-order valence-corrected chi connectivity index (χ0v) is 12.5. The first-order valence-electron chi connectivity index (χ1n) is 6.19. The number of nitrogens with two attached hydrogens (primary N) is 1. The first-order chi connectivity index (χ1) is 9.66. The smallest absolute Gasteiger partial charge is 0.168 e. The highest BCUT2D eigenvalue weighted by Gasteiger charge is 2.13. The maximum Gasteiger partial charge on any atom is 0.168 e. The van der Waals surface area contributed by atoms with Crippen molar-refractivity contribution in [1.82, 2.24) is 14.8 Å². The Morgan fingerprint density at radius 3 is 2.50 bits per heavy atom. The van der Waals surface area contributed by atoms with Crippen molar-refractivity contribution in [2.45, 2.75) is 6.92 Å². The van der Waals surface area contributed by atoms with Crippen molar-refractivity contribution < 1.29 is 0 Å². The van der Waals surface area contributed by atoms with Crippen LogP contribution in [0.2, 0.25) is 0 Å². The van der Waals surface area contributed by atoms with E-state index in [4.69, 9.17) is 5.73 Å². The lowest BCUT2D eigenvalue weighted by molar-refractivity contribution is 0.972. The van der Waals surface area contributed by atoms with Gasteiger partial charge >= 0.3 is 0 Å². The maximum absolute atomic E-state index is 5.95. The van der Waals surface area contributed by atoms with Gasteiger partial charge in [0.05, 0.1) is 0 Å². The number of nitrogens with zero attached hydrogens (tertiary/aromatic N) is 3. The Bertz CT molecular complexity index is 750.